The van der Waals surface area contributed by atoms with Gasteiger partial charge in [-0.05, 0) is 0 Å². The van der Waals surface area contributed by atoms with Crippen molar-refractivity contribution in [2.24, 2.45) is 0 Å². The molecule has 0 amide bonds. The summed E-state index contributed by atoms with van der Waals surface area (Å²) in [5.41, 5.74) is 0. The van der Waals surface area contributed by atoms with E-state index in [0.29, 0.717) is 19.8 Å². The Labute approximate surface area is 82.0 Å². The van der Waals surface area contributed by atoms with Crippen LogP contribution in [0.2, 0.25) is 0 Å². The Bertz CT molecular complexity index is 8.88. The van der Waals surface area contributed by atoms with Crippen LogP contribution in [-0.2, 0) is 49.4 Å². The van der Waals surface area contributed by atoms with E-state index in [9.17, 15) is 0 Å². The van der Waals surface area contributed by atoms with Crippen LogP contribution in [0.1, 0.15) is 0 Å². The molecule has 0 spiro atoms. The van der Waals surface area contributed by atoms with Crippen LogP contribution in [0, 0.1) is 0 Å². The van der Waals surface area contributed by atoms with Crippen LogP contribution in [0.3, 0.4) is 0 Å². The van der Waals surface area contributed by atoms with Gasteiger partial charge in [-0.1, -0.05) is 0 Å². The Morgan fingerprint density at radius 2 is 0.556 bits per heavy atom. The molecular formula is H6MoO7Zr. The van der Waals surface area contributed by atoms with Crippen LogP contribution in [-0.4, -0.2) is 32.9 Å². The Balaban J connectivity index is -0.000000000238. The maximum absolute atomic E-state index is 8.26. The smallest absolute Gasteiger partial charge is 4.00 e. The summed E-state index contributed by atoms with van der Waals surface area (Å²) >= 11 is 0.700. The second kappa shape index (κ2) is 472. The first kappa shape index (κ1) is 186. The average Bonchev–Trinajstić information content (AvgIpc) is 1.00. The van der Waals surface area contributed by atoms with E-state index in [4.69, 9.17) is 3.40 Å². The van der Waals surface area contributed by atoms with Gasteiger partial charge in [-0.2, -0.15) is 0 Å². The predicted octanol–water partition coefficient (Wildman–Crippen LogP) is -1.18. The Morgan fingerprint density at radius 3 is 0.556 bits per heavy atom. The third kappa shape index (κ3) is 363. The maximum Gasteiger partial charge on any atom is 4.00 e. The van der Waals surface area contributed by atoms with Crippen LogP contribution in [0.25, 0.3) is 0 Å². The van der Waals surface area contributed by atoms with Crippen LogP contribution in [0.4, 0.5) is 0 Å². The topological polar surface area (TPSA) is 197 Å². The number of hydrogen-bond donors (Lipinski definition) is 0. The van der Waals surface area contributed by atoms with E-state index < -0.39 is 0 Å². The number of rotatable bonds is 0. The van der Waals surface area contributed by atoms with Crippen molar-refractivity contribution < 1.29 is 82.2 Å². The molecule has 0 saturated carbocycles. The minimum Gasteiger partial charge on any atom is 4.00 e. The van der Waals surface area contributed by atoms with E-state index in [1.165, 1.54) is 0 Å². The summed E-state index contributed by atoms with van der Waals surface area (Å²) in [6.07, 6.45) is 0. The molecule has 0 aliphatic heterocycles. The molecule has 9 heteroatoms. The van der Waals surface area contributed by atoms with Gasteiger partial charge in [0.05, 0.1) is 0 Å². The normalized spacial score (nSPS) is 0.333. The van der Waals surface area contributed by atoms with Crippen molar-refractivity contribution in [2.75, 3.05) is 0 Å². The fourth-order valence-corrected chi connectivity index (χ4v) is 0. The fourth-order valence-electron chi connectivity index (χ4n) is 0. The van der Waals surface area contributed by atoms with Crippen LogP contribution in [0.15, 0.2) is 0 Å². The van der Waals surface area contributed by atoms with Crippen molar-refractivity contribution in [1.29, 1.82) is 0 Å². The first-order valence-electron chi connectivity index (χ1n) is 0.167. The van der Waals surface area contributed by atoms with E-state index in [2.05, 4.69) is 0 Å². The molecule has 0 aromatic carbocycles. The fraction of sp³-hybridized carbons (Fsp3) is 0. The van der Waals surface area contributed by atoms with E-state index in [0.717, 1.165) is 0 Å². The molecule has 0 rings (SSSR count). The summed E-state index contributed by atoms with van der Waals surface area (Å²) in [5.74, 6) is 0. The molecule has 0 aliphatic carbocycles. The molecule has 0 heterocycles. The summed E-state index contributed by atoms with van der Waals surface area (Å²) in [4.78, 5) is 0. The van der Waals surface area contributed by atoms with Gasteiger partial charge in [0.25, 0.3) is 0 Å². The van der Waals surface area contributed by atoms with E-state index in [-0.39, 0.29) is 59.1 Å². The molecule has 58 valence electrons. The maximum atomic E-state index is 8.26. The van der Waals surface area contributed by atoms with Gasteiger partial charge in [-0.15, -0.1) is 0 Å². The molecule has 0 aromatic rings. The molecule has 0 aliphatic rings. The standard InChI is InChI=1S/Mo.6H2O.O.Zr/h;6*1H2;;/q+2;;;;;;;;+4/p-6. The molecule has 0 bridgehead atoms. The molecule has 0 aromatic heterocycles. The van der Waals surface area contributed by atoms with Crippen molar-refractivity contribution in [3.8, 4) is 0 Å². The molecule has 9 heavy (non-hydrogen) atoms. The molecule has 0 saturated heterocycles. The molecule has 7 nitrogen and oxygen atoms in total. The summed E-state index contributed by atoms with van der Waals surface area (Å²) < 4.78 is 8.26. The SMILES string of the molecule is [OH-].[OH-].[OH-].[OH-].[OH-].[OH-].[O]=[Mo+2].[Zr+4]. The van der Waals surface area contributed by atoms with Crippen molar-refractivity contribution in [1.82, 2.24) is 0 Å². The predicted molar refractivity (Wildman–Crippen MR) is 12.3 cm³/mol. The number of hydrogen-bond acceptors (Lipinski definition) is 7. The van der Waals surface area contributed by atoms with Crippen molar-refractivity contribution in [3.63, 3.8) is 0 Å². The van der Waals surface area contributed by atoms with Crippen LogP contribution in [0.5, 0.6) is 0 Å². The second-order valence-electron chi connectivity index (χ2n) is 0. The van der Waals surface area contributed by atoms with E-state index in [1.54, 1.807) is 0 Å². The molecule has 0 unspecified atom stereocenters. The van der Waals surface area contributed by atoms with Gasteiger partial charge in [-0.3, -0.25) is 0 Å². The Hall–Kier alpha value is 1.13. The summed E-state index contributed by atoms with van der Waals surface area (Å²) in [7, 11) is 0. The van der Waals surface area contributed by atoms with Gasteiger partial charge in [0.2, 0.25) is 0 Å². The van der Waals surface area contributed by atoms with Gasteiger partial charge in [0.15, 0.2) is 0 Å². The molecule has 0 fully saturated rings. The largest absolute Gasteiger partial charge is 4.00 e. The van der Waals surface area contributed by atoms with Gasteiger partial charge in [0.1, 0.15) is 0 Å². The zero-order chi connectivity index (χ0) is 2.00. The summed E-state index contributed by atoms with van der Waals surface area (Å²) in [6, 6.07) is 0. The van der Waals surface area contributed by atoms with Gasteiger partial charge in [-0.25, -0.2) is 0 Å². The third-order valence-corrected chi connectivity index (χ3v) is 0. The van der Waals surface area contributed by atoms with E-state index in [1.807, 2.05) is 0 Å². The first-order valence-corrected chi connectivity index (χ1v) is 0.986. The van der Waals surface area contributed by atoms with Gasteiger partial charge >= 0.3 is 49.4 Å². The average molecular weight is 305 g/mol. The Morgan fingerprint density at radius 1 is 0.556 bits per heavy atom. The van der Waals surface area contributed by atoms with Crippen LogP contribution >= 0.6 is 0 Å². The molecule has 0 atom stereocenters. The van der Waals surface area contributed by atoms with Crippen molar-refractivity contribution in [2.45, 2.75) is 0 Å². The van der Waals surface area contributed by atoms with Crippen LogP contribution < -0.4 is 0 Å². The van der Waals surface area contributed by atoms with Crippen molar-refractivity contribution in [3.05, 3.63) is 0 Å². The quantitative estimate of drug-likeness (QED) is 0.501. The first-order chi connectivity index (χ1) is 1.00. The molecule has 6 N–H and O–H groups in total. The van der Waals surface area contributed by atoms with Gasteiger partial charge < -0.3 is 32.9 Å². The van der Waals surface area contributed by atoms with E-state index >= 15 is 0 Å². The molecule has 0 radical (unpaired) electrons. The van der Waals surface area contributed by atoms with Gasteiger partial charge in [0, 0.05) is 0 Å². The summed E-state index contributed by atoms with van der Waals surface area (Å²) in [6.45, 7) is 0. The summed E-state index contributed by atoms with van der Waals surface area (Å²) in [5, 5.41) is 0. The minimum atomic E-state index is 0. The molecular weight excluding hydrogens is 299 g/mol. The minimum absolute atomic E-state index is 0. The van der Waals surface area contributed by atoms with Crippen molar-refractivity contribution >= 4 is 0 Å². The zero-order valence-corrected chi connectivity index (χ0v) is 8.46. The zero-order valence-electron chi connectivity index (χ0n) is 4.00. The third-order valence-electron chi connectivity index (χ3n) is 0. The Kier molecular flexibility index (Phi) is 9750. The monoisotopic (exact) mass is 306 g/mol. The second-order valence-corrected chi connectivity index (χ2v) is 0.